The Morgan fingerprint density at radius 2 is 1.59 bits per heavy atom. The highest BCUT2D eigenvalue weighted by Gasteiger charge is 2.21. The average Bonchev–Trinajstić information content (AvgIpc) is 2.72. The number of aryl methyl sites for hydroxylation is 1. The summed E-state index contributed by atoms with van der Waals surface area (Å²) in [7, 11) is 1.29. The normalized spacial score (nSPS) is 11.3. The SMILES string of the molecule is COC(=O)[C@H](CCCc1ccccc1)NC(=O)CNC(=O)c1ccccc1. The van der Waals surface area contributed by atoms with Gasteiger partial charge in [-0.3, -0.25) is 9.59 Å². The zero-order chi connectivity index (χ0) is 19.5. The van der Waals surface area contributed by atoms with Gasteiger partial charge in [0.05, 0.1) is 13.7 Å². The fraction of sp³-hybridized carbons (Fsp3) is 0.286. The van der Waals surface area contributed by atoms with Gasteiger partial charge in [0.2, 0.25) is 5.91 Å². The first-order valence-corrected chi connectivity index (χ1v) is 8.84. The summed E-state index contributed by atoms with van der Waals surface area (Å²) in [6, 6.07) is 17.8. The highest BCUT2D eigenvalue weighted by Crippen LogP contribution is 2.07. The molecule has 27 heavy (non-hydrogen) atoms. The predicted molar refractivity (Wildman–Crippen MR) is 102 cm³/mol. The Morgan fingerprint density at radius 3 is 2.22 bits per heavy atom. The Kier molecular flexibility index (Phi) is 8.03. The summed E-state index contributed by atoms with van der Waals surface area (Å²) in [6.07, 6.45) is 1.98. The van der Waals surface area contributed by atoms with Crippen LogP contribution in [0.5, 0.6) is 0 Å². The number of esters is 1. The topological polar surface area (TPSA) is 84.5 Å². The molecular formula is C21H24N2O4. The van der Waals surface area contributed by atoms with E-state index in [0.29, 0.717) is 12.0 Å². The Balaban J connectivity index is 1.80. The number of benzene rings is 2. The molecule has 0 aliphatic rings. The van der Waals surface area contributed by atoms with E-state index in [1.54, 1.807) is 30.3 Å². The first-order valence-electron chi connectivity index (χ1n) is 8.84. The van der Waals surface area contributed by atoms with Gasteiger partial charge in [0.25, 0.3) is 5.91 Å². The second-order valence-electron chi connectivity index (χ2n) is 6.07. The third kappa shape index (κ3) is 6.93. The molecule has 0 radical (unpaired) electrons. The van der Waals surface area contributed by atoms with Gasteiger partial charge in [-0.05, 0) is 37.0 Å². The van der Waals surface area contributed by atoms with Crippen molar-refractivity contribution in [2.24, 2.45) is 0 Å². The van der Waals surface area contributed by atoms with Gasteiger partial charge < -0.3 is 15.4 Å². The number of hydrogen-bond donors (Lipinski definition) is 2. The molecule has 0 bridgehead atoms. The first kappa shape index (κ1) is 20.2. The molecule has 0 heterocycles. The lowest BCUT2D eigenvalue weighted by Gasteiger charge is -2.16. The van der Waals surface area contributed by atoms with Crippen LogP contribution < -0.4 is 10.6 Å². The predicted octanol–water partition coefficient (Wildman–Crippen LogP) is 2.10. The fourth-order valence-electron chi connectivity index (χ4n) is 2.64. The molecule has 2 aromatic rings. The molecule has 2 rings (SSSR count). The molecule has 6 nitrogen and oxygen atoms in total. The molecule has 0 spiro atoms. The van der Waals surface area contributed by atoms with Crippen molar-refractivity contribution < 1.29 is 19.1 Å². The quantitative estimate of drug-likeness (QED) is 0.664. The lowest BCUT2D eigenvalue weighted by Crippen LogP contribution is -2.46. The smallest absolute Gasteiger partial charge is 0.328 e. The number of methoxy groups -OCH3 is 1. The van der Waals surface area contributed by atoms with Crippen molar-refractivity contribution in [3.63, 3.8) is 0 Å². The van der Waals surface area contributed by atoms with Crippen molar-refractivity contribution >= 4 is 17.8 Å². The molecule has 1 atom stereocenters. The number of carbonyl (C=O) groups excluding carboxylic acids is 3. The second kappa shape index (κ2) is 10.8. The number of ether oxygens (including phenoxy) is 1. The minimum atomic E-state index is -0.736. The maximum Gasteiger partial charge on any atom is 0.328 e. The monoisotopic (exact) mass is 368 g/mol. The molecule has 0 aromatic heterocycles. The maximum absolute atomic E-state index is 12.1. The number of carbonyl (C=O) groups is 3. The molecule has 0 unspecified atom stereocenters. The summed E-state index contributed by atoms with van der Waals surface area (Å²) in [6.45, 7) is -0.208. The molecule has 0 saturated carbocycles. The lowest BCUT2D eigenvalue weighted by molar-refractivity contribution is -0.145. The minimum Gasteiger partial charge on any atom is -0.467 e. The third-order valence-electron chi connectivity index (χ3n) is 4.07. The second-order valence-corrected chi connectivity index (χ2v) is 6.07. The molecular weight excluding hydrogens is 344 g/mol. The number of amides is 2. The number of rotatable bonds is 9. The first-order chi connectivity index (χ1) is 13.1. The Morgan fingerprint density at radius 1 is 0.963 bits per heavy atom. The molecule has 0 aliphatic heterocycles. The minimum absolute atomic E-state index is 0.208. The zero-order valence-corrected chi connectivity index (χ0v) is 15.3. The fourth-order valence-corrected chi connectivity index (χ4v) is 2.64. The van der Waals surface area contributed by atoms with Gasteiger partial charge >= 0.3 is 5.97 Å². The van der Waals surface area contributed by atoms with Gasteiger partial charge in [-0.15, -0.1) is 0 Å². The Bertz CT molecular complexity index is 747. The molecule has 0 fully saturated rings. The van der Waals surface area contributed by atoms with Gasteiger partial charge in [0, 0.05) is 5.56 Å². The van der Waals surface area contributed by atoms with E-state index in [4.69, 9.17) is 4.74 Å². The van der Waals surface area contributed by atoms with E-state index in [1.165, 1.54) is 12.7 Å². The average molecular weight is 368 g/mol. The van der Waals surface area contributed by atoms with Crippen LogP contribution in [0, 0.1) is 0 Å². The van der Waals surface area contributed by atoms with Gasteiger partial charge in [-0.1, -0.05) is 48.5 Å². The summed E-state index contributed by atoms with van der Waals surface area (Å²) in [4.78, 5) is 36.0. The standard InChI is InChI=1S/C21H24N2O4/c1-27-21(26)18(14-8-11-16-9-4-2-5-10-16)23-19(24)15-22-20(25)17-12-6-3-7-13-17/h2-7,9-10,12-13,18H,8,11,14-15H2,1H3,(H,22,25)(H,23,24)/t18-/m0/s1. The largest absolute Gasteiger partial charge is 0.467 e. The lowest BCUT2D eigenvalue weighted by atomic mass is 10.0. The maximum atomic E-state index is 12.1. The van der Waals surface area contributed by atoms with Crippen LogP contribution in [0.25, 0.3) is 0 Å². The number of hydrogen-bond acceptors (Lipinski definition) is 4. The highest BCUT2D eigenvalue weighted by atomic mass is 16.5. The molecule has 0 saturated heterocycles. The van der Waals surface area contributed by atoms with Crippen molar-refractivity contribution in [2.45, 2.75) is 25.3 Å². The van der Waals surface area contributed by atoms with Crippen LogP contribution in [-0.4, -0.2) is 37.5 Å². The van der Waals surface area contributed by atoms with Crippen LogP contribution >= 0.6 is 0 Å². The van der Waals surface area contributed by atoms with E-state index in [1.807, 2.05) is 30.3 Å². The van der Waals surface area contributed by atoms with Gasteiger partial charge in [-0.25, -0.2) is 4.79 Å². The summed E-state index contributed by atoms with van der Waals surface area (Å²) >= 11 is 0. The van der Waals surface area contributed by atoms with Gasteiger partial charge in [0.1, 0.15) is 6.04 Å². The zero-order valence-electron chi connectivity index (χ0n) is 15.3. The van der Waals surface area contributed by atoms with E-state index in [2.05, 4.69) is 10.6 Å². The van der Waals surface area contributed by atoms with Crippen molar-refractivity contribution in [1.82, 2.24) is 10.6 Å². The van der Waals surface area contributed by atoms with Crippen LogP contribution in [0.15, 0.2) is 60.7 Å². The number of nitrogens with one attached hydrogen (secondary N) is 2. The van der Waals surface area contributed by atoms with Crippen molar-refractivity contribution in [1.29, 1.82) is 0 Å². The van der Waals surface area contributed by atoms with Crippen molar-refractivity contribution in [2.75, 3.05) is 13.7 Å². The summed E-state index contributed by atoms with van der Waals surface area (Å²) < 4.78 is 4.77. The van der Waals surface area contributed by atoms with E-state index >= 15 is 0 Å². The summed E-state index contributed by atoms with van der Waals surface area (Å²) in [5.41, 5.74) is 1.64. The summed E-state index contributed by atoms with van der Waals surface area (Å²) in [5.74, 6) is -1.27. The van der Waals surface area contributed by atoms with Crippen molar-refractivity contribution in [3.05, 3.63) is 71.8 Å². The van der Waals surface area contributed by atoms with Crippen LogP contribution in [0.4, 0.5) is 0 Å². The molecule has 2 aromatic carbocycles. The van der Waals surface area contributed by atoms with Crippen LogP contribution in [0.3, 0.4) is 0 Å². The Hall–Kier alpha value is -3.15. The molecule has 6 heteroatoms. The molecule has 2 amide bonds. The van der Waals surface area contributed by atoms with E-state index < -0.39 is 17.9 Å². The van der Waals surface area contributed by atoms with E-state index in [9.17, 15) is 14.4 Å². The van der Waals surface area contributed by atoms with Crippen LogP contribution in [-0.2, 0) is 20.7 Å². The van der Waals surface area contributed by atoms with E-state index in [0.717, 1.165) is 12.8 Å². The Labute approximate surface area is 158 Å². The van der Waals surface area contributed by atoms with Gasteiger partial charge in [-0.2, -0.15) is 0 Å². The van der Waals surface area contributed by atoms with Crippen LogP contribution in [0.1, 0.15) is 28.8 Å². The van der Waals surface area contributed by atoms with E-state index in [-0.39, 0.29) is 12.5 Å². The summed E-state index contributed by atoms with van der Waals surface area (Å²) in [5, 5.41) is 5.17. The van der Waals surface area contributed by atoms with Gasteiger partial charge in [0.15, 0.2) is 0 Å². The molecule has 0 aliphatic carbocycles. The molecule has 2 N–H and O–H groups in total. The molecule has 142 valence electrons. The van der Waals surface area contributed by atoms with Crippen molar-refractivity contribution in [3.8, 4) is 0 Å². The highest BCUT2D eigenvalue weighted by molar-refractivity contribution is 5.96. The van der Waals surface area contributed by atoms with Crippen LogP contribution in [0.2, 0.25) is 0 Å². The third-order valence-corrected chi connectivity index (χ3v) is 4.07.